The van der Waals surface area contributed by atoms with Gasteiger partial charge in [0, 0.05) is 17.8 Å². The molecule has 4 heterocycles. The van der Waals surface area contributed by atoms with Crippen LogP contribution in [0, 0.1) is 0 Å². The summed E-state index contributed by atoms with van der Waals surface area (Å²) in [6.45, 7) is 6.35. The lowest BCUT2D eigenvalue weighted by atomic mass is 9.91. The maximum absolute atomic E-state index is 5.50. The Morgan fingerprint density at radius 3 is 2.69 bits per heavy atom. The van der Waals surface area contributed by atoms with Crippen molar-refractivity contribution < 1.29 is 4.52 Å². The second-order valence-electron chi connectivity index (χ2n) is 7.92. The minimum atomic E-state index is 0.248. The largest absolute Gasteiger partial charge is 0.356 e. The molecule has 4 aromatic rings. The van der Waals surface area contributed by atoms with Crippen molar-refractivity contribution in [3.05, 3.63) is 47.9 Å². The van der Waals surface area contributed by atoms with E-state index in [2.05, 4.69) is 45.7 Å². The second kappa shape index (κ2) is 7.40. The molecule has 7 nitrogen and oxygen atoms in total. The molecule has 0 amide bonds. The van der Waals surface area contributed by atoms with Crippen LogP contribution in [0.2, 0.25) is 0 Å². The number of aromatic nitrogens is 4. The standard InChI is InChI=1S/C22H24N6O/c1-13(2)20-19-17(29-28-20)5-3-16-12-25-22(27-21(16)19)26-18-6-4-15(11-24-18)14-7-9-23-10-8-14/h3-6,11-14,23H,7-10H2,1-2H3,(H,24,25,26,27). The zero-order chi connectivity index (χ0) is 19.8. The molecule has 0 spiro atoms. The number of rotatable bonds is 4. The first-order valence-electron chi connectivity index (χ1n) is 10.2. The van der Waals surface area contributed by atoms with E-state index >= 15 is 0 Å². The van der Waals surface area contributed by atoms with Gasteiger partial charge in [0.2, 0.25) is 5.95 Å². The summed E-state index contributed by atoms with van der Waals surface area (Å²) in [7, 11) is 0. The fourth-order valence-corrected chi connectivity index (χ4v) is 3.99. The molecule has 1 saturated heterocycles. The highest BCUT2D eigenvalue weighted by Gasteiger charge is 2.17. The predicted octanol–water partition coefficient (Wildman–Crippen LogP) is 4.50. The Balaban J connectivity index is 1.46. The minimum absolute atomic E-state index is 0.248. The molecule has 7 heteroatoms. The smallest absolute Gasteiger partial charge is 0.228 e. The van der Waals surface area contributed by atoms with Gasteiger partial charge >= 0.3 is 0 Å². The summed E-state index contributed by atoms with van der Waals surface area (Å²) in [6.07, 6.45) is 6.11. The van der Waals surface area contributed by atoms with E-state index in [1.54, 1.807) is 0 Å². The molecule has 3 aromatic heterocycles. The van der Waals surface area contributed by atoms with Gasteiger partial charge in [0.25, 0.3) is 0 Å². The molecule has 1 aromatic carbocycles. The van der Waals surface area contributed by atoms with Crippen LogP contribution in [-0.2, 0) is 0 Å². The van der Waals surface area contributed by atoms with Crippen molar-refractivity contribution in [3.63, 3.8) is 0 Å². The van der Waals surface area contributed by atoms with Crippen molar-refractivity contribution in [2.24, 2.45) is 0 Å². The normalized spacial score (nSPS) is 15.4. The third kappa shape index (κ3) is 3.42. The van der Waals surface area contributed by atoms with Gasteiger partial charge in [0.05, 0.1) is 16.6 Å². The number of piperidine rings is 1. The lowest BCUT2D eigenvalue weighted by Gasteiger charge is -2.22. The molecule has 0 atom stereocenters. The van der Waals surface area contributed by atoms with E-state index in [1.807, 2.05) is 30.6 Å². The molecule has 29 heavy (non-hydrogen) atoms. The van der Waals surface area contributed by atoms with Gasteiger partial charge in [-0.1, -0.05) is 25.1 Å². The maximum Gasteiger partial charge on any atom is 0.228 e. The summed E-state index contributed by atoms with van der Waals surface area (Å²) >= 11 is 0. The van der Waals surface area contributed by atoms with E-state index < -0.39 is 0 Å². The molecule has 0 unspecified atom stereocenters. The number of benzene rings is 1. The van der Waals surface area contributed by atoms with Crippen LogP contribution in [0.3, 0.4) is 0 Å². The van der Waals surface area contributed by atoms with Gasteiger partial charge in [0.15, 0.2) is 5.58 Å². The van der Waals surface area contributed by atoms with Crippen LogP contribution in [0.5, 0.6) is 0 Å². The molecule has 1 fully saturated rings. The Morgan fingerprint density at radius 2 is 1.93 bits per heavy atom. The van der Waals surface area contributed by atoms with Gasteiger partial charge in [0.1, 0.15) is 5.82 Å². The number of anilines is 2. The highest BCUT2D eigenvalue weighted by atomic mass is 16.5. The van der Waals surface area contributed by atoms with Crippen molar-refractivity contribution in [3.8, 4) is 0 Å². The molecule has 0 radical (unpaired) electrons. The summed E-state index contributed by atoms with van der Waals surface area (Å²) in [5.41, 5.74) is 3.80. The van der Waals surface area contributed by atoms with Crippen LogP contribution in [0.25, 0.3) is 21.9 Å². The van der Waals surface area contributed by atoms with Gasteiger partial charge < -0.3 is 15.2 Å². The molecule has 0 bridgehead atoms. The van der Waals surface area contributed by atoms with E-state index in [4.69, 9.17) is 9.51 Å². The monoisotopic (exact) mass is 388 g/mol. The number of nitrogens with one attached hydrogen (secondary N) is 2. The molecular formula is C22H24N6O. The highest BCUT2D eigenvalue weighted by Crippen LogP contribution is 2.31. The topological polar surface area (TPSA) is 88.8 Å². The minimum Gasteiger partial charge on any atom is -0.356 e. The van der Waals surface area contributed by atoms with E-state index in [-0.39, 0.29) is 5.92 Å². The number of fused-ring (bicyclic) bond motifs is 3. The summed E-state index contributed by atoms with van der Waals surface area (Å²) < 4.78 is 5.50. The van der Waals surface area contributed by atoms with Gasteiger partial charge in [-0.25, -0.2) is 15.0 Å². The molecule has 5 rings (SSSR count). The first-order valence-corrected chi connectivity index (χ1v) is 10.2. The van der Waals surface area contributed by atoms with Gasteiger partial charge in [-0.2, -0.15) is 0 Å². The third-order valence-electron chi connectivity index (χ3n) is 5.60. The van der Waals surface area contributed by atoms with E-state index in [9.17, 15) is 0 Å². The molecule has 0 aliphatic carbocycles. The zero-order valence-corrected chi connectivity index (χ0v) is 16.6. The van der Waals surface area contributed by atoms with Crippen LogP contribution in [0.15, 0.2) is 41.2 Å². The van der Waals surface area contributed by atoms with Crippen molar-refractivity contribution in [2.75, 3.05) is 18.4 Å². The molecule has 148 valence electrons. The average molecular weight is 388 g/mol. The highest BCUT2D eigenvalue weighted by molar-refractivity contribution is 6.04. The molecule has 1 aliphatic heterocycles. The van der Waals surface area contributed by atoms with Crippen molar-refractivity contribution in [1.29, 1.82) is 0 Å². The average Bonchev–Trinajstić information content (AvgIpc) is 3.20. The van der Waals surface area contributed by atoms with Crippen LogP contribution in [0.1, 0.15) is 49.8 Å². The Labute approximate surface area is 168 Å². The van der Waals surface area contributed by atoms with Crippen molar-refractivity contribution in [1.82, 2.24) is 25.4 Å². The Hall–Kier alpha value is -3.06. The molecule has 2 N–H and O–H groups in total. The number of nitrogens with zero attached hydrogens (tertiary/aromatic N) is 4. The maximum atomic E-state index is 5.50. The molecular weight excluding hydrogens is 364 g/mol. The van der Waals surface area contributed by atoms with Crippen molar-refractivity contribution >= 4 is 33.6 Å². The molecule has 0 saturated carbocycles. The van der Waals surface area contributed by atoms with E-state index in [1.165, 1.54) is 5.56 Å². The van der Waals surface area contributed by atoms with Crippen LogP contribution in [-0.4, -0.2) is 33.2 Å². The Morgan fingerprint density at radius 1 is 1.07 bits per heavy atom. The van der Waals surface area contributed by atoms with Gasteiger partial charge in [-0.3, -0.25) is 0 Å². The Bertz CT molecular complexity index is 1150. The predicted molar refractivity (Wildman–Crippen MR) is 114 cm³/mol. The van der Waals surface area contributed by atoms with Crippen LogP contribution in [0.4, 0.5) is 11.8 Å². The fraction of sp³-hybridized carbons (Fsp3) is 0.364. The molecule has 1 aliphatic rings. The second-order valence-corrected chi connectivity index (χ2v) is 7.92. The summed E-state index contributed by atoms with van der Waals surface area (Å²) in [4.78, 5) is 13.8. The third-order valence-corrected chi connectivity index (χ3v) is 5.60. The summed E-state index contributed by atoms with van der Waals surface area (Å²) in [6, 6.07) is 8.04. The number of pyridine rings is 1. The lowest BCUT2D eigenvalue weighted by molar-refractivity contribution is 0.441. The fourth-order valence-electron chi connectivity index (χ4n) is 3.99. The van der Waals surface area contributed by atoms with E-state index in [0.717, 1.165) is 59.3 Å². The Kier molecular flexibility index (Phi) is 4.60. The van der Waals surface area contributed by atoms with Crippen LogP contribution < -0.4 is 10.6 Å². The summed E-state index contributed by atoms with van der Waals surface area (Å²) in [5.74, 6) is 2.09. The number of hydrogen-bond donors (Lipinski definition) is 2. The summed E-state index contributed by atoms with van der Waals surface area (Å²) in [5, 5.41) is 12.8. The van der Waals surface area contributed by atoms with Gasteiger partial charge in [-0.05, 0) is 61.5 Å². The lowest BCUT2D eigenvalue weighted by Crippen LogP contribution is -2.26. The van der Waals surface area contributed by atoms with E-state index in [0.29, 0.717) is 11.9 Å². The van der Waals surface area contributed by atoms with Gasteiger partial charge in [-0.15, -0.1) is 0 Å². The first kappa shape index (κ1) is 18.0. The first-order chi connectivity index (χ1) is 14.2. The van der Waals surface area contributed by atoms with Crippen LogP contribution >= 0.6 is 0 Å². The quantitative estimate of drug-likeness (QED) is 0.532. The SMILES string of the molecule is CC(C)c1noc2ccc3cnc(Nc4ccc(C5CCNCC5)cn4)nc3c12. The number of hydrogen-bond acceptors (Lipinski definition) is 7. The van der Waals surface area contributed by atoms with Crippen molar-refractivity contribution in [2.45, 2.75) is 38.5 Å². The zero-order valence-electron chi connectivity index (χ0n) is 16.6.